The predicted octanol–water partition coefficient (Wildman–Crippen LogP) is 2.70. The quantitative estimate of drug-likeness (QED) is 0.736. The summed E-state index contributed by atoms with van der Waals surface area (Å²) in [5.41, 5.74) is 0.676. The van der Waals surface area contributed by atoms with Crippen LogP contribution >= 0.6 is 0 Å². The van der Waals surface area contributed by atoms with E-state index in [1.165, 1.54) is 0 Å². The molecule has 0 bridgehead atoms. The number of carbonyl (C=O) groups is 1. The van der Waals surface area contributed by atoms with Gasteiger partial charge in [-0.3, -0.25) is 4.79 Å². The predicted molar refractivity (Wildman–Crippen MR) is 62.5 cm³/mol. The molecule has 0 aliphatic rings. The fraction of sp³-hybridized carbons (Fsp3) is 0.231. The van der Waals surface area contributed by atoms with E-state index in [-0.39, 0.29) is 11.8 Å². The highest BCUT2D eigenvalue weighted by Gasteiger charge is 2.15. The van der Waals surface area contributed by atoms with Gasteiger partial charge in [-0.1, -0.05) is 30.3 Å². The summed E-state index contributed by atoms with van der Waals surface area (Å²) >= 11 is 0. The Morgan fingerprint density at radius 2 is 1.94 bits per heavy atom. The number of nitrogens with zero attached hydrogens (tertiary/aromatic N) is 2. The summed E-state index contributed by atoms with van der Waals surface area (Å²) in [5, 5.41) is 0. The summed E-state index contributed by atoms with van der Waals surface area (Å²) in [4.78, 5) is 16.3. The van der Waals surface area contributed by atoms with Gasteiger partial charge in [-0.15, -0.1) is 0 Å². The number of imidazole rings is 1. The van der Waals surface area contributed by atoms with Crippen LogP contribution in [0.1, 0.15) is 36.1 Å². The number of carbonyl (C=O) groups excluding carboxylic acids is 1. The maximum atomic E-state index is 12.1. The van der Waals surface area contributed by atoms with Crippen LogP contribution in [0.15, 0.2) is 42.7 Å². The molecule has 0 saturated carbocycles. The number of benzene rings is 1. The lowest BCUT2D eigenvalue weighted by molar-refractivity contribution is 0.102. The van der Waals surface area contributed by atoms with Crippen molar-refractivity contribution in [1.29, 1.82) is 0 Å². The highest BCUT2D eigenvalue weighted by Crippen LogP contribution is 2.12. The van der Waals surface area contributed by atoms with Gasteiger partial charge in [0, 0.05) is 24.0 Å². The number of hydrogen-bond acceptors (Lipinski definition) is 2. The Bertz CT molecular complexity index is 486. The van der Waals surface area contributed by atoms with Crippen molar-refractivity contribution < 1.29 is 4.79 Å². The Morgan fingerprint density at radius 1 is 1.25 bits per heavy atom. The van der Waals surface area contributed by atoms with Gasteiger partial charge < -0.3 is 4.57 Å². The summed E-state index contributed by atoms with van der Waals surface area (Å²) in [6.45, 7) is 4.06. The number of ketones is 1. The minimum atomic E-state index is -0.0284. The topological polar surface area (TPSA) is 34.9 Å². The van der Waals surface area contributed by atoms with Crippen LogP contribution in [0, 0.1) is 0 Å². The third-order valence-electron chi connectivity index (χ3n) is 2.46. The Morgan fingerprint density at radius 3 is 2.56 bits per heavy atom. The molecular weight excluding hydrogens is 200 g/mol. The second-order valence-electron chi connectivity index (χ2n) is 3.95. The van der Waals surface area contributed by atoms with Gasteiger partial charge in [-0.05, 0) is 13.8 Å². The first-order chi connectivity index (χ1) is 7.70. The Kier molecular flexibility index (Phi) is 2.86. The van der Waals surface area contributed by atoms with Crippen LogP contribution in [0.2, 0.25) is 0 Å². The second kappa shape index (κ2) is 4.31. The van der Waals surface area contributed by atoms with Crippen LogP contribution < -0.4 is 0 Å². The van der Waals surface area contributed by atoms with Gasteiger partial charge in [0.2, 0.25) is 5.78 Å². The van der Waals surface area contributed by atoms with Crippen LogP contribution in [0.5, 0.6) is 0 Å². The molecule has 0 fully saturated rings. The van der Waals surface area contributed by atoms with Gasteiger partial charge in [0.25, 0.3) is 0 Å². The van der Waals surface area contributed by atoms with E-state index >= 15 is 0 Å². The van der Waals surface area contributed by atoms with E-state index in [0.717, 1.165) is 0 Å². The Labute approximate surface area is 94.7 Å². The van der Waals surface area contributed by atoms with Crippen molar-refractivity contribution in [2.24, 2.45) is 0 Å². The number of aromatic nitrogens is 2. The lowest BCUT2D eigenvalue weighted by Crippen LogP contribution is -2.12. The summed E-state index contributed by atoms with van der Waals surface area (Å²) in [6, 6.07) is 9.46. The molecule has 3 nitrogen and oxygen atoms in total. The van der Waals surface area contributed by atoms with Gasteiger partial charge in [0.05, 0.1) is 0 Å². The molecule has 82 valence electrons. The molecule has 0 amide bonds. The molecule has 0 atom stereocenters. The van der Waals surface area contributed by atoms with Crippen LogP contribution in [-0.4, -0.2) is 15.3 Å². The smallest absolute Gasteiger partial charge is 0.228 e. The monoisotopic (exact) mass is 214 g/mol. The van der Waals surface area contributed by atoms with E-state index in [1.807, 2.05) is 54.9 Å². The normalized spacial score (nSPS) is 10.7. The second-order valence-corrected chi connectivity index (χ2v) is 3.95. The molecule has 0 aliphatic heterocycles. The SMILES string of the molecule is CC(C)n1ccnc1C(=O)c1ccccc1. The van der Waals surface area contributed by atoms with E-state index < -0.39 is 0 Å². The van der Waals surface area contributed by atoms with Crippen molar-refractivity contribution in [3.8, 4) is 0 Å². The van der Waals surface area contributed by atoms with E-state index in [1.54, 1.807) is 6.20 Å². The first kappa shape index (κ1) is 10.6. The third-order valence-corrected chi connectivity index (χ3v) is 2.46. The summed E-state index contributed by atoms with van der Waals surface area (Å²) in [7, 11) is 0. The Hall–Kier alpha value is -1.90. The zero-order chi connectivity index (χ0) is 11.5. The highest BCUT2D eigenvalue weighted by atomic mass is 16.1. The first-order valence-electron chi connectivity index (χ1n) is 5.32. The minimum absolute atomic E-state index is 0.0284. The highest BCUT2D eigenvalue weighted by molar-refractivity contribution is 6.06. The third kappa shape index (κ3) is 1.89. The summed E-state index contributed by atoms with van der Waals surface area (Å²) < 4.78 is 1.88. The number of hydrogen-bond donors (Lipinski definition) is 0. The van der Waals surface area contributed by atoms with Crippen molar-refractivity contribution in [3.05, 3.63) is 54.1 Å². The van der Waals surface area contributed by atoms with Gasteiger partial charge in [0.15, 0.2) is 5.82 Å². The van der Waals surface area contributed by atoms with E-state index in [2.05, 4.69) is 4.98 Å². The summed E-state index contributed by atoms with van der Waals surface area (Å²) in [6.07, 6.45) is 3.50. The maximum absolute atomic E-state index is 12.1. The van der Waals surface area contributed by atoms with Gasteiger partial charge in [-0.25, -0.2) is 4.98 Å². The molecular formula is C13H14N2O. The molecule has 0 aliphatic carbocycles. The van der Waals surface area contributed by atoms with Crippen molar-refractivity contribution >= 4 is 5.78 Å². The Balaban J connectivity index is 2.39. The molecule has 3 heteroatoms. The van der Waals surface area contributed by atoms with Crippen molar-refractivity contribution in [2.75, 3.05) is 0 Å². The van der Waals surface area contributed by atoms with Crippen molar-refractivity contribution in [2.45, 2.75) is 19.9 Å². The van der Waals surface area contributed by atoms with Crippen molar-refractivity contribution in [1.82, 2.24) is 9.55 Å². The van der Waals surface area contributed by atoms with Gasteiger partial charge >= 0.3 is 0 Å². The fourth-order valence-corrected chi connectivity index (χ4v) is 1.62. The van der Waals surface area contributed by atoms with Crippen LogP contribution in [0.4, 0.5) is 0 Å². The molecule has 0 spiro atoms. The number of rotatable bonds is 3. The largest absolute Gasteiger partial charge is 0.326 e. The van der Waals surface area contributed by atoms with Crippen LogP contribution in [-0.2, 0) is 0 Å². The molecule has 0 radical (unpaired) electrons. The average Bonchev–Trinajstić information content (AvgIpc) is 2.78. The first-order valence-corrected chi connectivity index (χ1v) is 5.32. The molecule has 1 aromatic carbocycles. The fourth-order valence-electron chi connectivity index (χ4n) is 1.62. The zero-order valence-electron chi connectivity index (χ0n) is 9.42. The minimum Gasteiger partial charge on any atom is -0.326 e. The van der Waals surface area contributed by atoms with Crippen molar-refractivity contribution in [3.63, 3.8) is 0 Å². The standard InChI is InChI=1S/C13H14N2O/c1-10(2)15-9-8-14-13(15)12(16)11-6-4-3-5-7-11/h3-10H,1-2H3. The van der Waals surface area contributed by atoms with Crippen LogP contribution in [0.25, 0.3) is 0 Å². The van der Waals surface area contributed by atoms with E-state index in [4.69, 9.17) is 0 Å². The lowest BCUT2D eigenvalue weighted by atomic mass is 10.1. The zero-order valence-corrected chi connectivity index (χ0v) is 9.42. The molecule has 16 heavy (non-hydrogen) atoms. The average molecular weight is 214 g/mol. The van der Waals surface area contributed by atoms with Gasteiger partial charge in [-0.2, -0.15) is 0 Å². The molecule has 0 unspecified atom stereocenters. The van der Waals surface area contributed by atoms with Crippen LogP contribution in [0.3, 0.4) is 0 Å². The van der Waals surface area contributed by atoms with E-state index in [0.29, 0.717) is 11.4 Å². The molecule has 0 N–H and O–H groups in total. The molecule has 1 heterocycles. The van der Waals surface area contributed by atoms with Gasteiger partial charge in [0.1, 0.15) is 0 Å². The maximum Gasteiger partial charge on any atom is 0.228 e. The molecule has 0 saturated heterocycles. The summed E-state index contributed by atoms with van der Waals surface area (Å²) in [5.74, 6) is 0.473. The molecule has 2 aromatic rings. The van der Waals surface area contributed by atoms with E-state index in [9.17, 15) is 4.79 Å². The lowest BCUT2D eigenvalue weighted by Gasteiger charge is -2.10. The molecule has 2 rings (SSSR count). The molecule has 1 aromatic heterocycles.